The molecule has 1 aromatic rings. The van der Waals surface area contributed by atoms with Crippen LogP contribution in [-0.4, -0.2) is 50.1 Å². The van der Waals surface area contributed by atoms with Crippen LogP contribution in [0, 0.1) is 0 Å². The first-order chi connectivity index (χ1) is 9.57. The van der Waals surface area contributed by atoms with Gasteiger partial charge in [-0.15, -0.1) is 0 Å². The zero-order chi connectivity index (χ0) is 14.6. The van der Waals surface area contributed by atoms with Gasteiger partial charge in [0.1, 0.15) is 0 Å². The van der Waals surface area contributed by atoms with E-state index in [0.717, 1.165) is 19.6 Å². The number of nitrogens with one attached hydrogen (secondary N) is 1. The minimum atomic E-state index is 0.409. The number of likely N-dealkylation sites (N-methyl/N-ethyl adjacent to an activating group) is 2. The molecule has 1 aliphatic carbocycles. The van der Waals surface area contributed by atoms with Gasteiger partial charge in [0.05, 0.1) is 0 Å². The van der Waals surface area contributed by atoms with Crippen molar-refractivity contribution < 1.29 is 0 Å². The number of hydrogen-bond donors (Lipinski definition) is 1. The van der Waals surface area contributed by atoms with E-state index in [4.69, 9.17) is 0 Å². The Labute approximate surface area is 124 Å². The topological polar surface area (TPSA) is 18.5 Å². The van der Waals surface area contributed by atoms with Crippen LogP contribution in [-0.2, 0) is 13.1 Å². The Bertz CT molecular complexity index is 424. The molecule has 112 valence electrons. The fraction of sp³-hybridized carbons (Fsp3) is 0.647. The molecule has 0 unspecified atom stereocenters. The maximum Gasteiger partial charge on any atom is 0.0330 e. The van der Waals surface area contributed by atoms with Gasteiger partial charge in [0.25, 0.3) is 0 Å². The number of benzene rings is 1. The van der Waals surface area contributed by atoms with Gasteiger partial charge in [-0.2, -0.15) is 0 Å². The third kappa shape index (κ3) is 3.40. The summed E-state index contributed by atoms with van der Waals surface area (Å²) in [7, 11) is 8.71. The molecular weight excluding hydrogens is 246 g/mol. The number of nitrogens with zero attached hydrogens (tertiary/aromatic N) is 2. The predicted molar refractivity (Wildman–Crippen MR) is 85.8 cm³/mol. The van der Waals surface area contributed by atoms with E-state index in [1.54, 1.807) is 0 Å². The van der Waals surface area contributed by atoms with Gasteiger partial charge in [-0.3, -0.25) is 0 Å². The highest BCUT2D eigenvalue weighted by Crippen LogP contribution is 2.36. The second-order valence-corrected chi connectivity index (χ2v) is 6.44. The van der Waals surface area contributed by atoms with Crippen LogP contribution in [0.3, 0.4) is 0 Å². The normalized spacial score (nSPS) is 17.5. The van der Waals surface area contributed by atoms with Crippen molar-refractivity contribution in [3.05, 3.63) is 35.4 Å². The van der Waals surface area contributed by atoms with Gasteiger partial charge < -0.3 is 15.1 Å². The zero-order valence-electron chi connectivity index (χ0n) is 13.4. The molecule has 1 saturated carbocycles. The highest BCUT2D eigenvalue weighted by molar-refractivity contribution is 5.27. The van der Waals surface area contributed by atoms with Crippen molar-refractivity contribution >= 4 is 0 Å². The van der Waals surface area contributed by atoms with Crippen LogP contribution in [0.1, 0.15) is 30.4 Å². The Morgan fingerprint density at radius 3 is 2.25 bits per heavy atom. The third-order valence-corrected chi connectivity index (χ3v) is 4.72. The summed E-state index contributed by atoms with van der Waals surface area (Å²) in [6, 6.07) is 8.76. The Morgan fingerprint density at radius 2 is 1.75 bits per heavy atom. The molecule has 0 bridgehead atoms. The molecule has 2 rings (SSSR count). The van der Waals surface area contributed by atoms with Crippen LogP contribution in [0.25, 0.3) is 0 Å². The molecule has 0 aliphatic heterocycles. The first-order valence-corrected chi connectivity index (χ1v) is 7.65. The number of rotatable bonds is 7. The zero-order valence-corrected chi connectivity index (χ0v) is 13.4. The van der Waals surface area contributed by atoms with E-state index in [1.165, 1.54) is 30.4 Å². The summed E-state index contributed by atoms with van der Waals surface area (Å²) in [6.45, 7) is 3.14. The van der Waals surface area contributed by atoms with Crippen molar-refractivity contribution in [3.8, 4) is 0 Å². The van der Waals surface area contributed by atoms with Crippen molar-refractivity contribution in [1.29, 1.82) is 0 Å². The summed E-state index contributed by atoms with van der Waals surface area (Å²) >= 11 is 0. The van der Waals surface area contributed by atoms with Crippen molar-refractivity contribution in [1.82, 2.24) is 15.1 Å². The molecule has 1 fully saturated rings. The molecule has 0 atom stereocenters. The summed E-state index contributed by atoms with van der Waals surface area (Å²) in [6.07, 6.45) is 4.05. The van der Waals surface area contributed by atoms with Crippen molar-refractivity contribution in [2.24, 2.45) is 0 Å². The van der Waals surface area contributed by atoms with Crippen LogP contribution >= 0.6 is 0 Å². The average molecular weight is 275 g/mol. The summed E-state index contributed by atoms with van der Waals surface area (Å²) in [5.41, 5.74) is 3.26. The van der Waals surface area contributed by atoms with Crippen LogP contribution < -0.4 is 5.32 Å². The SMILES string of the molecule is CNCc1ccccc1CN(C)CC1(N(C)C)CCC1. The molecule has 0 spiro atoms. The van der Waals surface area contributed by atoms with E-state index >= 15 is 0 Å². The molecule has 1 N–H and O–H groups in total. The molecule has 1 aromatic carbocycles. The van der Waals surface area contributed by atoms with Gasteiger partial charge >= 0.3 is 0 Å². The fourth-order valence-electron chi connectivity index (χ4n) is 3.26. The quantitative estimate of drug-likeness (QED) is 0.824. The van der Waals surface area contributed by atoms with Crippen LogP contribution in [0.4, 0.5) is 0 Å². The summed E-state index contributed by atoms with van der Waals surface area (Å²) < 4.78 is 0. The molecule has 0 aromatic heterocycles. The van der Waals surface area contributed by atoms with Crippen molar-refractivity contribution in [2.45, 2.75) is 37.9 Å². The molecular formula is C17H29N3. The van der Waals surface area contributed by atoms with E-state index < -0.39 is 0 Å². The summed E-state index contributed by atoms with van der Waals surface area (Å²) in [4.78, 5) is 4.90. The van der Waals surface area contributed by atoms with Crippen molar-refractivity contribution in [3.63, 3.8) is 0 Å². The molecule has 0 saturated heterocycles. The van der Waals surface area contributed by atoms with Gasteiger partial charge in [-0.25, -0.2) is 0 Å². The van der Waals surface area contributed by atoms with E-state index in [2.05, 4.69) is 60.5 Å². The van der Waals surface area contributed by atoms with Crippen LogP contribution in [0.15, 0.2) is 24.3 Å². The highest BCUT2D eigenvalue weighted by atomic mass is 15.2. The molecule has 1 aliphatic rings. The maximum atomic E-state index is 3.26. The van der Waals surface area contributed by atoms with Gasteiger partial charge in [-0.05, 0) is 58.6 Å². The third-order valence-electron chi connectivity index (χ3n) is 4.72. The first kappa shape index (κ1) is 15.5. The van der Waals surface area contributed by atoms with Gasteiger partial charge in [0.2, 0.25) is 0 Å². The smallest absolute Gasteiger partial charge is 0.0330 e. The molecule has 3 nitrogen and oxygen atoms in total. The largest absolute Gasteiger partial charge is 0.316 e. The van der Waals surface area contributed by atoms with E-state index in [0.29, 0.717) is 5.54 Å². The Morgan fingerprint density at radius 1 is 1.10 bits per heavy atom. The summed E-state index contributed by atoms with van der Waals surface area (Å²) in [5, 5.41) is 3.26. The Kier molecular flexibility index (Phi) is 5.19. The number of hydrogen-bond acceptors (Lipinski definition) is 3. The van der Waals surface area contributed by atoms with Gasteiger partial charge in [-0.1, -0.05) is 24.3 Å². The molecule has 3 heteroatoms. The Hall–Kier alpha value is -0.900. The molecule has 0 heterocycles. The average Bonchev–Trinajstić information content (AvgIpc) is 2.36. The molecule has 0 amide bonds. The lowest BCUT2D eigenvalue weighted by atomic mass is 9.75. The standard InChI is InChI=1S/C17H29N3/c1-18-12-15-8-5-6-9-16(15)13-20(4)14-17(19(2)3)10-7-11-17/h5-6,8-9,18H,7,10-14H2,1-4H3. The second-order valence-electron chi connectivity index (χ2n) is 6.44. The lowest BCUT2D eigenvalue weighted by molar-refractivity contribution is 0.0258. The van der Waals surface area contributed by atoms with Gasteiger partial charge in [0.15, 0.2) is 0 Å². The van der Waals surface area contributed by atoms with E-state index in [-0.39, 0.29) is 0 Å². The predicted octanol–water partition coefficient (Wildman–Crippen LogP) is 2.32. The van der Waals surface area contributed by atoms with Crippen molar-refractivity contribution in [2.75, 3.05) is 34.7 Å². The van der Waals surface area contributed by atoms with E-state index in [9.17, 15) is 0 Å². The fourth-order valence-corrected chi connectivity index (χ4v) is 3.26. The molecule has 20 heavy (non-hydrogen) atoms. The van der Waals surface area contributed by atoms with Crippen LogP contribution in [0.5, 0.6) is 0 Å². The van der Waals surface area contributed by atoms with Gasteiger partial charge in [0, 0.05) is 25.2 Å². The van der Waals surface area contributed by atoms with E-state index in [1.807, 2.05) is 7.05 Å². The summed E-state index contributed by atoms with van der Waals surface area (Å²) in [5.74, 6) is 0. The maximum absolute atomic E-state index is 3.26. The lowest BCUT2D eigenvalue weighted by Crippen LogP contribution is -2.56. The Balaban J connectivity index is 1.99. The monoisotopic (exact) mass is 275 g/mol. The first-order valence-electron chi connectivity index (χ1n) is 7.65. The minimum Gasteiger partial charge on any atom is -0.316 e. The minimum absolute atomic E-state index is 0.409. The molecule has 0 radical (unpaired) electrons. The second kappa shape index (κ2) is 6.70. The van der Waals surface area contributed by atoms with Crippen LogP contribution in [0.2, 0.25) is 0 Å². The lowest BCUT2D eigenvalue weighted by Gasteiger charge is -2.49. The highest BCUT2D eigenvalue weighted by Gasteiger charge is 2.39.